The van der Waals surface area contributed by atoms with E-state index in [1.807, 2.05) is 0 Å². The minimum Gasteiger partial charge on any atom is -0.480 e. The predicted octanol–water partition coefficient (Wildman–Crippen LogP) is -0.739. The average molecular weight is 258 g/mol. The molecule has 1 saturated heterocycles. The Labute approximate surface area is 105 Å². The standard InChI is InChI=1S/C11H18N2O5/c1-18-9(14)5-4-8(11(16)17)13-10(15)7-3-2-6-12-7/h7-8,12H,2-6H2,1H3,(H,13,15)(H,16,17)/t7?,8-/m0/s1. The lowest BCUT2D eigenvalue weighted by molar-refractivity contribution is -0.144. The Kier molecular flexibility index (Phi) is 5.57. The number of carbonyl (C=O) groups is 3. The number of aliphatic carboxylic acids is 1. The second-order valence-electron chi connectivity index (χ2n) is 4.16. The zero-order chi connectivity index (χ0) is 13.5. The maximum absolute atomic E-state index is 11.7. The molecule has 0 aliphatic carbocycles. The summed E-state index contributed by atoms with van der Waals surface area (Å²) in [6, 6.07) is -1.39. The monoisotopic (exact) mass is 258 g/mol. The number of methoxy groups -OCH3 is 1. The fraction of sp³-hybridized carbons (Fsp3) is 0.727. The molecule has 7 nitrogen and oxygen atoms in total. The molecule has 0 aromatic rings. The molecule has 0 aromatic heterocycles. The Morgan fingerprint density at radius 1 is 1.50 bits per heavy atom. The van der Waals surface area contributed by atoms with Crippen molar-refractivity contribution < 1.29 is 24.2 Å². The molecule has 1 heterocycles. The van der Waals surface area contributed by atoms with E-state index in [0.29, 0.717) is 6.42 Å². The first-order chi connectivity index (χ1) is 8.54. The molecule has 1 aliphatic heterocycles. The lowest BCUT2D eigenvalue weighted by Crippen LogP contribution is -2.48. The van der Waals surface area contributed by atoms with Crippen molar-refractivity contribution >= 4 is 17.8 Å². The lowest BCUT2D eigenvalue weighted by Gasteiger charge is -2.17. The highest BCUT2D eigenvalue weighted by Gasteiger charge is 2.27. The Morgan fingerprint density at radius 2 is 2.22 bits per heavy atom. The first-order valence-electron chi connectivity index (χ1n) is 5.88. The second kappa shape index (κ2) is 6.95. The first-order valence-corrected chi connectivity index (χ1v) is 5.88. The van der Waals surface area contributed by atoms with Crippen LogP contribution in [0.3, 0.4) is 0 Å². The molecule has 7 heteroatoms. The molecule has 1 amide bonds. The van der Waals surface area contributed by atoms with Crippen molar-refractivity contribution in [1.82, 2.24) is 10.6 Å². The molecule has 0 aromatic carbocycles. The van der Waals surface area contributed by atoms with Crippen molar-refractivity contribution in [3.8, 4) is 0 Å². The van der Waals surface area contributed by atoms with Crippen LogP contribution in [0.1, 0.15) is 25.7 Å². The summed E-state index contributed by atoms with van der Waals surface area (Å²) < 4.78 is 4.43. The summed E-state index contributed by atoms with van der Waals surface area (Å²) in [4.78, 5) is 33.6. The molecule has 0 bridgehead atoms. The second-order valence-corrected chi connectivity index (χ2v) is 4.16. The highest BCUT2D eigenvalue weighted by molar-refractivity contribution is 5.87. The fourth-order valence-electron chi connectivity index (χ4n) is 1.80. The number of hydrogen-bond acceptors (Lipinski definition) is 5. The van der Waals surface area contributed by atoms with E-state index >= 15 is 0 Å². The van der Waals surface area contributed by atoms with Crippen LogP contribution in [0.25, 0.3) is 0 Å². The van der Waals surface area contributed by atoms with Crippen molar-refractivity contribution in [3.63, 3.8) is 0 Å². The molecule has 3 N–H and O–H groups in total. The molecule has 1 rings (SSSR count). The molecular formula is C11H18N2O5. The summed E-state index contributed by atoms with van der Waals surface area (Å²) >= 11 is 0. The Hall–Kier alpha value is -1.63. The quantitative estimate of drug-likeness (QED) is 0.542. The Bertz CT molecular complexity index is 325. The molecule has 1 aliphatic rings. The maximum Gasteiger partial charge on any atom is 0.326 e. The largest absolute Gasteiger partial charge is 0.480 e. The summed E-state index contributed by atoms with van der Waals surface area (Å²) in [6.07, 6.45) is 1.60. The number of amides is 1. The van der Waals surface area contributed by atoms with Gasteiger partial charge in [0.25, 0.3) is 0 Å². The molecule has 2 atom stereocenters. The molecule has 0 radical (unpaired) electrons. The van der Waals surface area contributed by atoms with Crippen LogP contribution in [0.5, 0.6) is 0 Å². The molecule has 1 fully saturated rings. The highest BCUT2D eigenvalue weighted by Crippen LogP contribution is 2.06. The van der Waals surface area contributed by atoms with Crippen molar-refractivity contribution in [2.45, 2.75) is 37.8 Å². The van der Waals surface area contributed by atoms with E-state index in [2.05, 4.69) is 15.4 Å². The number of esters is 1. The van der Waals surface area contributed by atoms with Crippen LogP contribution in [0.15, 0.2) is 0 Å². The van der Waals surface area contributed by atoms with Gasteiger partial charge in [0.2, 0.25) is 5.91 Å². The van der Waals surface area contributed by atoms with Crippen LogP contribution >= 0.6 is 0 Å². The van der Waals surface area contributed by atoms with Gasteiger partial charge >= 0.3 is 11.9 Å². The normalized spacial score (nSPS) is 20.2. The molecule has 18 heavy (non-hydrogen) atoms. The number of carboxylic acid groups (broad SMARTS) is 1. The maximum atomic E-state index is 11.7. The Morgan fingerprint density at radius 3 is 2.72 bits per heavy atom. The highest BCUT2D eigenvalue weighted by atomic mass is 16.5. The van der Waals surface area contributed by atoms with E-state index in [4.69, 9.17) is 5.11 Å². The first kappa shape index (κ1) is 14.4. The molecule has 0 spiro atoms. The topological polar surface area (TPSA) is 105 Å². The lowest BCUT2D eigenvalue weighted by atomic mass is 10.1. The smallest absolute Gasteiger partial charge is 0.326 e. The minimum absolute atomic E-state index is 0.0282. The minimum atomic E-state index is -1.15. The third kappa shape index (κ3) is 4.33. The number of nitrogens with one attached hydrogen (secondary N) is 2. The van der Waals surface area contributed by atoms with Gasteiger partial charge in [-0.2, -0.15) is 0 Å². The van der Waals surface area contributed by atoms with Crippen molar-refractivity contribution in [2.24, 2.45) is 0 Å². The van der Waals surface area contributed by atoms with Gasteiger partial charge in [0.15, 0.2) is 0 Å². The summed E-state index contributed by atoms with van der Waals surface area (Å²) in [5.41, 5.74) is 0. The van der Waals surface area contributed by atoms with E-state index in [9.17, 15) is 14.4 Å². The number of rotatable bonds is 6. The zero-order valence-corrected chi connectivity index (χ0v) is 10.3. The number of carbonyl (C=O) groups excluding carboxylic acids is 2. The number of hydrogen-bond donors (Lipinski definition) is 3. The SMILES string of the molecule is COC(=O)CC[C@H](NC(=O)C1CCCN1)C(=O)O. The van der Waals surface area contributed by atoms with Crippen LogP contribution in [-0.4, -0.2) is 48.7 Å². The van der Waals surface area contributed by atoms with Crippen LogP contribution < -0.4 is 10.6 Å². The molecule has 102 valence electrons. The predicted molar refractivity (Wildman–Crippen MR) is 61.8 cm³/mol. The van der Waals surface area contributed by atoms with Gasteiger partial charge in [-0.25, -0.2) is 4.79 Å². The Balaban J connectivity index is 2.44. The fourth-order valence-corrected chi connectivity index (χ4v) is 1.80. The van der Waals surface area contributed by atoms with E-state index in [1.54, 1.807) is 0 Å². The molecule has 1 unspecified atom stereocenters. The molecule has 0 saturated carbocycles. The van der Waals surface area contributed by atoms with Gasteiger partial charge in [-0.1, -0.05) is 0 Å². The third-order valence-electron chi connectivity index (χ3n) is 2.86. The third-order valence-corrected chi connectivity index (χ3v) is 2.86. The summed E-state index contributed by atoms with van der Waals surface area (Å²) in [5, 5.41) is 14.4. The summed E-state index contributed by atoms with van der Waals surface area (Å²) in [5.74, 6) is -1.97. The van der Waals surface area contributed by atoms with Crippen LogP contribution in [0.2, 0.25) is 0 Å². The average Bonchev–Trinajstić information content (AvgIpc) is 2.87. The van der Waals surface area contributed by atoms with Gasteiger partial charge in [0.05, 0.1) is 13.2 Å². The van der Waals surface area contributed by atoms with Crippen LogP contribution in [0, 0.1) is 0 Å². The number of ether oxygens (including phenoxy) is 1. The van der Waals surface area contributed by atoms with E-state index in [0.717, 1.165) is 13.0 Å². The summed E-state index contributed by atoms with van der Waals surface area (Å²) in [6.45, 7) is 0.762. The van der Waals surface area contributed by atoms with E-state index in [-0.39, 0.29) is 24.8 Å². The summed E-state index contributed by atoms with van der Waals surface area (Å²) in [7, 11) is 1.24. The van der Waals surface area contributed by atoms with E-state index < -0.39 is 18.0 Å². The van der Waals surface area contributed by atoms with Gasteiger partial charge in [0, 0.05) is 6.42 Å². The molecular weight excluding hydrogens is 240 g/mol. The van der Waals surface area contributed by atoms with Gasteiger partial charge in [-0.3, -0.25) is 9.59 Å². The number of carboxylic acids is 1. The van der Waals surface area contributed by atoms with Gasteiger partial charge in [0.1, 0.15) is 6.04 Å². The van der Waals surface area contributed by atoms with Gasteiger partial charge in [-0.15, -0.1) is 0 Å². The van der Waals surface area contributed by atoms with E-state index in [1.165, 1.54) is 7.11 Å². The zero-order valence-electron chi connectivity index (χ0n) is 10.3. The van der Waals surface area contributed by atoms with Gasteiger partial charge in [-0.05, 0) is 25.8 Å². The van der Waals surface area contributed by atoms with Crippen molar-refractivity contribution in [3.05, 3.63) is 0 Å². The van der Waals surface area contributed by atoms with Crippen LogP contribution in [0.4, 0.5) is 0 Å². The van der Waals surface area contributed by atoms with Crippen molar-refractivity contribution in [2.75, 3.05) is 13.7 Å². The van der Waals surface area contributed by atoms with Gasteiger partial charge < -0.3 is 20.5 Å². The van der Waals surface area contributed by atoms with Crippen molar-refractivity contribution in [1.29, 1.82) is 0 Å². The van der Waals surface area contributed by atoms with Crippen LogP contribution in [-0.2, 0) is 19.1 Å².